The number of hydrogen-bond acceptors (Lipinski definition) is 6. The van der Waals surface area contributed by atoms with Gasteiger partial charge in [0.25, 0.3) is 0 Å². The molecule has 0 spiro atoms. The molecule has 40 heavy (non-hydrogen) atoms. The van der Waals surface area contributed by atoms with E-state index in [2.05, 4.69) is 20.9 Å². The summed E-state index contributed by atoms with van der Waals surface area (Å²) in [5.41, 5.74) is -2.08. The molecule has 2 heterocycles. The second-order valence-electron chi connectivity index (χ2n) is 10.2. The molecule has 1 aromatic heterocycles. The van der Waals surface area contributed by atoms with Gasteiger partial charge in [0.15, 0.2) is 11.2 Å². The molecule has 1 aliphatic heterocycles. The molecule has 3 aromatic carbocycles. The number of benzene rings is 3. The van der Waals surface area contributed by atoms with Gasteiger partial charge in [-0.05, 0) is 28.8 Å². The Hall–Kier alpha value is -2.79. The SMILES string of the molecule is CN(Cc1ccccc1)S(=O)(=O)C1C(O)C2(O)c3ncc(Cl)cc3OC2(c2ccc(Br)cc2)C1c1ccccc1. The predicted molar refractivity (Wildman–Crippen MR) is 155 cm³/mol. The van der Waals surface area contributed by atoms with Crippen molar-refractivity contribution < 1.29 is 23.4 Å². The fourth-order valence-electron chi connectivity index (χ4n) is 6.24. The van der Waals surface area contributed by atoms with Crippen molar-refractivity contribution in [2.24, 2.45) is 0 Å². The first-order valence-electron chi connectivity index (χ1n) is 12.7. The van der Waals surface area contributed by atoms with Crippen LogP contribution in [0.25, 0.3) is 0 Å². The summed E-state index contributed by atoms with van der Waals surface area (Å²) in [5, 5.41) is 23.6. The van der Waals surface area contributed by atoms with Crippen molar-refractivity contribution in [3.63, 3.8) is 0 Å². The average molecular weight is 642 g/mol. The van der Waals surface area contributed by atoms with Crippen LogP contribution in [0.15, 0.2) is 102 Å². The van der Waals surface area contributed by atoms with Gasteiger partial charge in [0.1, 0.15) is 22.8 Å². The van der Waals surface area contributed by atoms with Crippen molar-refractivity contribution in [2.75, 3.05) is 7.05 Å². The first-order valence-corrected chi connectivity index (χ1v) is 15.3. The summed E-state index contributed by atoms with van der Waals surface area (Å²) in [4.78, 5) is 4.38. The first-order chi connectivity index (χ1) is 19.1. The zero-order chi connectivity index (χ0) is 28.3. The lowest BCUT2D eigenvalue weighted by Gasteiger charge is -2.40. The Kier molecular flexibility index (Phi) is 6.80. The maximum absolute atomic E-state index is 14.4. The van der Waals surface area contributed by atoms with E-state index in [0.29, 0.717) is 11.1 Å². The quantitative estimate of drug-likeness (QED) is 0.309. The third-order valence-corrected chi connectivity index (χ3v) is 10.9. The van der Waals surface area contributed by atoms with E-state index in [9.17, 15) is 18.6 Å². The first kappa shape index (κ1) is 27.4. The highest BCUT2D eigenvalue weighted by molar-refractivity contribution is 9.10. The molecule has 0 saturated heterocycles. The highest BCUT2D eigenvalue weighted by Gasteiger charge is 2.79. The number of rotatable bonds is 6. The number of hydrogen-bond donors (Lipinski definition) is 2. The van der Waals surface area contributed by atoms with Crippen LogP contribution in [0.2, 0.25) is 5.02 Å². The summed E-state index contributed by atoms with van der Waals surface area (Å²) in [6, 6.07) is 26.8. The van der Waals surface area contributed by atoms with E-state index >= 15 is 0 Å². The number of fused-ring (bicyclic) bond motifs is 3. The number of aromatic nitrogens is 1. The molecule has 0 bridgehead atoms. The van der Waals surface area contributed by atoms with E-state index in [1.165, 1.54) is 23.6 Å². The predicted octanol–water partition coefficient (Wildman–Crippen LogP) is 4.96. The van der Waals surface area contributed by atoms with E-state index in [1.54, 1.807) is 48.5 Å². The van der Waals surface area contributed by atoms with E-state index in [0.717, 1.165) is 10.0 Å². The molecule has 1 aliphatic carbocycles. The minimum Gasteiger partial charge on any atom is -0.476 e. The number of aliphatic hydroxyl groups excluding tert-OH is 1. The number of ether oxygens (including phenoxy) is 1. The molecule has 0 amide bonds. The summed E-state index contributed by atoms with van der Waals surface area (Å²) < 4.78 is 37.5. The van der Waals surface area contributed by atoms with Crippen LogP contribution in [0.3, 0.4) is 0 Å². The molecule has 1 fully saturated rings. The van der Waals surface area contributed by atoms with Gasteiger partial charge in [-0.1, -0.05) is 100 Å². The summed E-state index contributed by atoms with van der Waals surface area (Å²) in [5.74, 6) is -0.850. The van der Waals surface area contributed by atoms with Gasteiger partial charge in [0.2, 0.25) is 10.0 Å². The molecule has 2 aliphatic rings. The molecule has 1 saturated carbocycles. The van der Waals surface area contributed by atoms with E-state index in [4.69, 9.17) is 16.3 Å². The summed E-state index contributed by atoms with van der Waals surface area (Å²) >= 11 is 9.71. The monoisotopic (exact) mass is 640 g/mol. The zero-order valence-electron chi connectivity index (χ0n) is 21.4. The van der Waals surface area contributed by atoms with Crippen molar-refractivity contribution in [3.05, 3.63) is 129 Å². The van der Waals surface area contributed by atoms with Crippen LogP contribution in [0, 0.1) is 0 Å². The number of nitrogens with zero attached hydrogens (tertiary/aromatic N) is 2. The van der Waals surface area contributed by atoms with Crippen LogP contribution < -0.4 is 4.74 Å². The van der Waals surface area contributed by atoms with Crippen molar-refractivity contribution in [1.82, 2.24) is 9.29 Å². The fourth-order valence-corrected chi connectivity index (χ4v) is 8.61. The second kappa shape index (κ2) is 9.94. The van der Waals surface area contributed by atoms with Crippen LogP contribution >= 0.6 is 27.5 Å². The lowest BCUT2D eigenvalue weighted by molar-refractivity contribution is -0.150. The van der Waals surface area contributed by atoms with Gasteiger partial charge < -0.3 is 14.9 Å². The van der Waals surface area contributed by atoms with Gasteiger partial charge in [0, 0.05) is 30.3 Å². The lowest BCUT2D eigenvalue weighted by atomic mass is 9.72. The van der Waals surface area contributed by atoms with Gasteiger partial charge in [-0.25, -0.2) is 12.7 Å². The standard InChI is InChI=1S/C30H26BrClN2O5S/c1-34(18-19-8-4-2-5-9-19)40(37,38)26-25(20-10-6-3-7-11-20)30(21-12-14-22(31)15-13-21)29(36,28(26)35)27-24(39-30)16-23(32)17-33-27/h2-17,25-26,28,35-36H,18H2,1H3. The van der Waals surface area contributed by atoms with Crippen molar-refractivity contribution >= 4 is 37.6 Å². The molecule has 7 nitrogen and oxygen atoms in total. The van der Waals surface area contributed by atoms with Crippen LogP contribution in [0.4, 0.5) is 0 Å². The minimum absolute atomic E-state index is 0.0386. The second-order valence-corrected chi connectivity index (χ2v) is 13.7. The van der Waals surface area contributed by atoms with Crippen molar-refractivity contribution in [3.8, 4) is 5.75 Å². The largest absolute Gasteiger partial charge is 0.476 e. The summed E-state index contributed by atoms with van der Waals surface area (Å²) in [7, 11) is -2.77. The maximum Gasteiger partial charge on any atom is 0.220 e. The highest BCUT2D eigenvalue weighted by atomic mass is 79.9. The Labute approximate surface area is 246 Å². The van der Waals surface area contributed by atoms with Gasteiger partial charge in [0.05, 0.1) is 10.9 Å². The molecule has 2 N–H and O–H groups in total. The molecule has 206 valence electrons. The molecule has 0 radical (unpaired) electrons. The van der Waals surface area contributed by atoms with Crippen LogP contribution in [0.1, 0.15) is 28.3 Å². The maximum atomic E-state index is 14.4. The normalized spacial score (nSPS) is 27.3. The van der Waals surface area contributed by atoms with E-state index in [-0.39, 0.29) is 23.0 Å². The Morgan fingerprint density at radius 2 is 1.65 bits per heavy atom. The Morgan fingerprint density at radius 3 is 2.30 bits per heavy atom. The zero-order valence-corrected chi connectivity index (χ0v) is 24.5. The van der Waals surface area contributed by atoms with Crippen LogP contribution in [-0.2, 0) is 27.8 Å². The average Bonchev–Trinajstić information content (AvgIpc) is 3.32. The minimum atomic E-state index is -4.25. The highest BCUT2D eigenvalue weighted by Crippen LogP contribution is 2.67. The van der Waals surface area contributed by atoms with Crippen LogP contribution in [0.5, 0.6) is 5.75 Å². The molecular weight excluding hydrogens is 616 g/mol. The van der Waals surface area contributed by atoms with Gasteiger partial charge in [-0.3, -0.25) is 4.98 Å². The third-order valence-electron chi connectivity index (χ3n) is 7.98. The van der Waals surface area contributed by atoms with E-state index < -0.39 is 38.5 Å². The molecule has 4 aromatic rings. The Balaban J connectivity index is 1.61. The summed E-state index contributed by atoms with van der Waals surface area (Å²) in [6.07, 6.45) is -0.452. The smallest absolute Gasteiger partial charge is 0.220 e. The molecule has 5 atom stereocenters. The Morgan fingerprint density at radius 1 is 1.02 bits per heavy atom. The lowest BCUT2D eigenvalue weighted by Crippen LogP contribution is -2.52. The van der Waals surface area contributed by atoms with Gasteiger partial charge in [-0.15, -0.1) is 0 Å². The Bertz CT molecular complexity index is 1660. The molecule has 10 heteroatoms. The summed E-state index contributed by atoms with van der Waals surface area (Å²) in [6.45, 7) is 0.0862. The van der Waals surface area contributed by atoms with Crippen LogP contribution in [-0.4, -0.2) is 46.3 Å². The number of halogens is 2. The van der Waals surface area contributed by atoms with Crippen molar-refractivity contribution in [1.29, 1.82) is 0 Å². The number of sulfonamides is 1. The fraction of sp³-hybridized carbons (Fsp3) is 0.233. The topological polar surface area (TPSA) is 100.0 Å². The number of pyridine rings is 1. The van der Waals surface area contributed by atoms with Gasteiger partial charge >= 0.3 is 0 Å². The molecule has 6 rings (SSSR count). The molecule has 5 unspecified atom stereocenters. The third kappa shape index (κ3) is 3.94. The van der Waals surface area contributed by atoms with Gasteiger partial charge in [-0.2, -0.15) is 0 Å². The van der Waals surface area contributed by atoms with E-state index in [1.807, 2.05) is 36.4 Å². The molecular formula is C30H26BrClN2O5S. The number of aliphatic hydroxyl groups is 2. The van der Waals surface area contributed by atoms with Crippen molar-refractivity contribution in [2.45, 2.75) is 35.0 Å².